The smallest absolute Gasteiger partial charge is 0.0584 e. The van der Waals surface area contributed by atoms with E-state index in [0.29, 0.717) is 18.7 Å². The molecule has 2 heteroatoms. The van der Waals surface area contributed by atoms with E-state index in [0.717, 1.165) is 0 Å². The second-order valence-corrected chi connectivity index (χ2v) is 3.61. The maximum atomic E-state index is 8.96. The van der Waals surface area contributed by atoms with Crippen molar-refractivity contribution in [3.63, 3.8) is 0 Å². The third kappa shape index (κ3) is 2.17. The van der Waals surface area contributed by atoms with E-state index in [4.69, 9.17) is 5.11 Å². The standard InChI is InChI=1S/C9H19NO/c1-8-5-3-4-6-10(8)9(2)7-11/h8-9,11H,3-7H2,1-2H3. The van der Waals surface area contributed by atoms with Gasteiger partial charge in [0.05, 0.1) is 6.61 Å². The van der Waals surface area contributed by atoms with Gasteiger partial charge >= 0.3 is 0 Å². The minimum Gasteiger partial charge on any atom is -0.395 e. The van der Waals surface area contributed by atoms with E-state index in [1.165, 1.54) is 25.8 Å². The molecule has 0 aromatic rings. The van der Waals surface area contributed by atoms with Gasteiger partial charge in [0.1, 0.15) is 0 Å². The summed E-state index contributed by atoms with van der Waals surface area (Å²) in [6, 6.07) is 1.02. The third-order valence-corrected chi connectivity index (χ3v) is 2.68. The molecule has 0 radical (unpaired) electrons. The average molecular weight is 157 g/mol. The first-order valence-electron chi connectivity index (χ1n) is 4.62. The number of aliphatic hydroxyl groups is 1. The maximum absolute atomic E-state index is 8.96. The number of hydrogen-bond acceptors (Lipinski definition) is 2. The molecule has 1 aliphatic rings. The van der Waals surface area contributed by atoms with Crippen LogP contribution in [0, 0.1) is 0 Å². The van der Waals surface area contributed by atoms with Gasteiger partial charge in [-0.2, -0.15) is 0 Å². The molecule has 1 fully saturated rings. The molecule has 11 heavy (non-hydrogen) atoms. The second-order valence-electron chi connectivity index (χ2n) is 3.61. The molecule has 1 rings (SSSR count). The quantitative estimate of drug-likeness (QED) is 0.652. The lowest BCUT2D eigenvalue weighted by Crippen LogP contribution is -2.45. The molecule has 0 spiro atoms. The van der Waals surface area contributed by atoms with Crippen molar-refractivity contribution < 1.29 is 5.11 Å². The zero-order valence-corrected chi connectivity index (χ0v) is 7.58. The van der Waals surface area contributed by atoms with Crippen molar-refractivity contribution in [2.45, 2.75) is 45.2 Å². The zero-order chi connectivity index (χ0) is 8.27. The van der Waals surface area contributed by atoms with Crippen LogP contribution in [0.1, 0.15) is 33.1 Å². The summed E-state index contributed by atoms with van der Waals surface area (Å²) in [5, 5.41) is 8.96. The van der Waals surface area contributed by atoms with E-state index in [9.17, 15) is 0 Å². The molecule has 0 aromatic heterocycles. The molecule has 2 unspecified atom stereocenters. The molecule has 0 bridgehead atoms. The largest absolute Gasteiger partial charge is 0.395 e. The summed E-state index contributed by atoms with van der Waals surface area (Å²) in [6.07, 6.45) is 3.95. The molecule has 1 heterocycles. The highest BCUT2D eigenvalue weighted by Gasteiger charge is 2.21. The molecule has 2 atom stereocenters. The molecule has 0 amide bonds. The topological polar surface area (TPSA) is 23.5 Å². The summed E-state index contributed by atoms with van der Waals surface area (Å²) in [4.78, 5) is 2.41. The molecule has 0 aliphatic carbocycles. The molecular formula is C9H19NO. The SMILES string of the molecule is CC(CO)N1CCCCC1C. The first kappa shape index (κ1) is 9.01. The minimum atomic E-state index is 0.296. The van der Waals surface area contributed by atoms with Crippen LogP contribution in [-0.2, 0) is 0 Å². The van der Waals surface area contributed by atoms with E-state index in [-0.39, 0.29) is 0 Å². The van der Waals surface area contributed by atoms with Crippen LogP contribution in [0.5, 0.6) is 0 Å². The number of likely N-dealkylation sites (tertiary alicyclic amines) is 1. The van der Waals surface area contributed by atoms with E-state index < -0.39 is 0 Å². The number of hydrogen-bond donors (Lipinski definition) is 1. The Balaban J connectivity index is 2.40. The molecular weight excluding hydrogens is 138 g/mol. The van der Waals surface area contributed by atoms with E-state index in [1.54, 1.807) is 0 Å². The lowest BCUT2D eigenvalue weighted by Gasteiger charge is -2.37. The van der Waals surface area contributed by atoms with Crippen molar-refractivity contribution in [1.82, 2.24) is 4.90 Å². The highest BCUT2D eigenvalue weighted by molar-refractivity contribution is 4.77. The minimum absolute atomic E-state index is 0.296. The van der Waals surface area contributed by atoms with Crippen LogP contribution in [0.2, 0.25) is 0 Å². The van der Waals surface area contributed by atoms with Crippen LogP contribution >= 0.6 is 0 Å². The van der Waals surface area contributed by atoms with Gasteiger partial charge in [-0.15, -0.1) is 0 Å². The molecule has 0 aromatic carbocycles. The van der Waals surface area contributed by atoms with Gasteiger partial charge in [-0.05, 0) is 33.2 Å². The summed E-state index contributed by atoms with van der Waals surface area (Å²) >= 11 is 0. The number of nitrogens with zero attached hydrogens (tertiary/aromatic N) is 1. The average Bonchev–Trinajstić information content (AvgIpc) is 2.04. The molecule has 2 nitrogen and oxygen atoms in total. The van der Waals surface area contributed by atoms with Crippen LogP contribution in [-0.4, -0.2) is 35.2 Å². The summed E-state index contributed by atoms with van der Waals surface area (Å²) in [5.41, 5.74) is 0. The molecule has 1 aliphatic heterocycles. The highest BCUT2D eigenvalue weighted by atomic mass is 16.3. The first-order valence-corrected chi connectivity index (χ1v) is 4.62. The van der Waals surface area contributed by atoms with Crippen LogP contribution in [0.15, 0.2) is 0 Å². The lowest BCUT2D eigenvalue weighted by molar-refractivity contribution is 0.0745. The van der Waals surface area contributed by atoms with Gasteiger partial charge in [0, 0.05) is 12.1 Å². The lowest BCUT2D eigenvalue weighted by atomic mass is 10.0. The Morgan fingerprint density at radius 3 is 2.82 bits per heavy atom. The van der Waals surface area contributed by atoms with Crippen LogP contribution in [0.25, 0.3) is 0 Å². The summed E-state index contributed by atoms with van der Waals surface area (Å²) in [7, 11) is 0. The molecule has 1 N–H and O–H groups in total. The Kier molecular flexibility index (Phi) is 3.34. The van der Waals surface area contributed by atoms with Gasteiger partial charge in [0.15, 0.2) is 0 Å². The highest BCUT2D eigenvalue weighted by Crippen LogP contribution is 2.18. The summed E-state index contributed by atoms with van der Waals surface area (Å²) < 4.78 is 0. The van der Waals surface area contributed by atoms with Gasteiger partial charge in [-0.3, -0.25) is 4.90 Å². The Bertz CT molecular complexity index is 112. The summed E-state index contributed by atoms with van der Waals surface area (Å²) in [5.74, 6) is 0. The number of piperidine rings is 1. The third-order valence-electron chi connectivity index (χ3n) is 2.68. The van der Waals surface area contributed by atoms with Crippen molar-refractivity contribution in [3.8, 4) is 0 Å². The Morgan fingerprint density at radius 2 is 2.27 bits per heavy atom. The fraction of sp³-hybridized carbons (Fsp3) is 1.00. The van der Waals surface area contributed by atoms with Gasteiger partial charge in [0.2, 0.25) is 0 Å². The van der Waals surface area contributed by atoms with Crippen LogP contribution in [0.3, 0.4) is 0 Å². The zero-order valence-electron chi connectivity index (χ0n) is 7.58. The second kappa shape index (κ2) is 4.07. The van der Waals surface area contributed by atoms with Crippen molar-refractivity contribution in [1.29, 1.82) is 0 Å². The predicted molar refractivity (Wildman–Crippen MR) is 46.6 cm³/mol. The monoisotopic (exact) mass is 157 g/mol. The molecule has 0 saturated carbocycles. The maximum Gasteiger partial charge on any atom is 0.0584 e. The van der Waals surface area contributed by atoms with Gasteiger partial charge in [0.25, 0.3) is 0 Å². The molecule has 1 saturated heterocycles. The molecule has 66 valence electrons. The van der Waals surface area contributed by atoms with Crippen molar-refractivity contribution >= 4 is 0 Å². The Labute approximate surface area is 69.2 Å². The van der Waals surface area contributed by atoms with Gasteiger partial charge < -0.3 is 5.11 Å². The van der Waals surface area contributed by atoms with Crippen LogP contribution in [0.4, 0.5) is 0 Å². The van der Waals surface area contributed by atoms with Crippen molar-refractivity contribution in [2.75, 3.05) is 13.2 Å². The van der Waals surface area contributed by atoms with E-state index in [2.05, 4.69) is 18.7 Å². The predicted octanol–water partition coefficient (Wildman–Crippen LogP) is 1.24. The fourth-order valence-corrected chi connectivity index (χ4v) is 1.88. The van der Waals surface area contributed by atoms with Crippen LogP contribution < -0.4 is 0 Å². The number of rotatable bonds is 2. The fourth-order valence-electron chi connectivity index (χ4n) is 1.88. The normalized spacial score (nSPS) is 30.3. The van der Waals surface area contributed by atoms with Crippen molar-refractivity contribution in [2.24, 2.45) is 0 Å². The Hall–Kier alpha value is -0.0800. The Morgan fingerprint density at radius 1 is 1.55 bits per heavy atom. The van der Waals surface area contributed by atoms with E-state index >= 15 is 0 Å². The van der Waals surface area contributed by atoms with Gasteiger partial charge in [-0.25, -0.2) is 0 Å². The first-order chi connectivity index (χ1) is 5.25. The van der Waals surface area contributed by atoms with Gasteiger partial charge in [-0.1, -0.05) is 6.42 Å². The van der Waals surface area contributed by atoms with E-state index in [1.807, 2.05) is 0 Å². The summed E-state index contributed by atoms with van der Waals surface area (Å²) in [6.45, 7) is 5.82. The van der Waals surface area contributed by atoms with Crippen molar-refractivity contribution in [3.05, 3.63) is 0 Å². The number of aliphatic hydroxyl groups excluding tert-OH is 1.